The summed E-state index contributed by atoms with van der Waals surface area (Å²) < 4.78 is 4.94. The zero-order valence-corrected chi connectivity index (χ0v) is 14.2. The molecule has 2 fully saturated rings. The monoisotopic (exact) mass is 318 g/mol. The molecule has 0 bridgehead atoms. The zero-order valence-electron chi connectivity index (χ0n) is 14.2. The summed E-state index contributed by atoms with van der Waals surface area (Å²) in [4.78, 5) is 11.9. The van der Waals surface area contributed by atoms with E-state index in [0.29, 0.717) is 0 Å². The Labute approximate surface area is 140 Å². The van der Waals surface area contributed by atoms with Gasteiger partial charge in [-0.05, 0) is 50.9 Å². The molecular weight excluding hydrogens is 288 g/mol. The number of piperidine rings is 2. The van der Waals surface area contributed by atoms with E-state index >= 15 is 0 Å². The molecule has 0 aromatic heterocycles. The van der Waals surface area contributed by atoms with Gasteiger partial charge in [0, 0.05) is 6.04 Å². The highest BCUT2D eigenvalue weighted by Gasteiger charge is 2.31. The number of carbonyl (C=O) groups excluding carboxylic acids is 1. The van der Waals surface area contributed by atoms with E-state index in [4.69, 9.17) is 4.74 Å². The van der Waals surface area contributed by atoms with E-state index in [9.17, 15) is 4.79 Å². The summed E-state index contributed by atoms with van der Waals surface area (Å²) in [6.45, 7) is 3.49. The average Bonchev–Trinajstić information content (AvgIpc) is 2.65. The minimum absolute atomic E-state index is 0.143. The summed E-state index contributed by atoms with van der Waals surface area (Å²) in [5, 5.41) is 6.72. The standard InChI is InChI=1S/C14H19NO2.C5H11N/c1-17-14(16)13(11-7-3-2-4-8-11)12-9-5-6-10-15-12;1-2-4-6-5-3-1/h2-4,7-8,12-13,15H,5-6,9-10H2,1H3;6H,1-5H2. The number of rotatable bonds is 3. The molecule has 2 aliphatic rings. The van der Waals surface area contributed by atoms with E-state index < -0.39 is 0 Å². The lowest BCUT2D eigenvalue weighted by Gasteiger charge is -2.29. The van der Waals surface area contributed by atoms with Gasteiger partial charge < -0.3 is 15.4 Å². The van der Waals surface area contributed by atoms with Gasteiger partial charge in [0.1, 0.15) is 0 Å². The van der Waals surface area contributed by atoms with Crippen LogP contribution in [0.4, 0.5) is 0 Å². The first-order valence-corrected chi connectivity index (χ1v) is 8.90. The Kier molecular flexibility index (Phi) is 8.12. The van der Waals surface area contributed by atoms with Crippen molar-refractivity contribution in [1.29, 1.82) is 0 Å². The van der Waals surface area contributed by atoms with Gasteiger partial charge in [-0.2, -0.15) is 0 Å². The topological polar surface area (TPSA) is 50.4 Å². The molecule has 2 saturated heterocycles. The summed E-state index contributed by atoms with van der Waals surface area (Å²) >= 11 is 0. The number of carbonyl (C=O) groups is 1. The van der Waals surface area contributed by atoms with Gasteiger partial charge >= 0.3 is 5.97 Å². The van der Waals surface area contributed by atoms with Gasteiger partial charge in [-0.3, -0.25) is 4.79 Å². The number of methoxy groups -OCH3 is 1. The van der Waals surface area contributed by atoms with Gasteiger partial charge in [0.15, 0.2) is 0 Å². The predicted octanol–water partition coefficient (Wildman–Crippen LogP) is 2.85. The Bertz CT molecular complexity index is 428. The fourth-order valence-electron chi connectivity index (χ4n) is 3.29. The maximum absolute atomic E-state index is 11.9. The van der Waals surface area contributed by atoms with E-state index in [2.05, 4.69) is 10.6 Å². The van der Waals surface area contributed by atoms with Crippen LogP contribution in [-0.4, -0.2) is 38.8 Å². The minimum atomic E-state index is -0.179. The van der Waals surface area contributed by atoms with Crippen molar-refractivity contribution in [1.82, 2.24) is 10.6 Å². The molecular formula is C19H30N2O2. The molecule has 3 rings (SSSR count). The summed E-state index contributed by atoms with van der Waals surface area (Å²) in [5.41, 5.74) is 1.04. The largest absolute Gasteiger partial charge is 0.469 e. The Hall–Kier alpha value is -1.39. The van der Waals surface area contributed by atoms with Crippen molar-refractivity contribution in [3.05, 3.63) is 35.9 Å². The van der Waals surface area contributed by atoms with Crippen LogP contribution < -0.4 is 10.6 Å². The van der Waals surface area contributed by atoms with Crippen molar-refractivity contribution < 1.29 is 9.53 Å². The Balaban J connectivity index is 0.000000268. The van der Waals surface area contributed by atoms with Crippen molar-refractivity contribution in [3.63, 3.8) is 0 Å². The number of esters is 1. The first kappa shape index (κ1) is 18.0. The highest BCUT2D eigenvalue weighted by atomic mass is 16.5. The van der Waals surface area contributed by atoms with Crippen molar-refractivity contribution in [3.8, 4) is 0 Å². The molecule has 4 heteroatoms. The van der Waals surface area contributed by atoms with E-state index in [0.717, 1.165) is 18.5 Å². The molecule has 0 spiro atoms. The van der Waals surface area contributed by atoms with Crippen LogP contribution in [0.25, 0.3) is 0 Å². The molecule has 4 nitrogen and oxygen atoms in total. The molecule has 0 amide bonds. The van der Waals surface area contributed by atoms with Gasteiger partial charge in [-0.15, -0.1) is 0 Å². The summed E-state index contributed by atoms with van der Waals surface area (Å²) in [5.74, 6) is -0.322. The predicted molar refractivity (Wildman–Crippen MR) is 93.6 cm³/mol. The second-order valence-corrected chi connectivity index (χ2v) is 6.28. The average molecular weight is 318 g/mol. The third-order valence-electron chi connectivity index (χ3n) is 4.57. The number of benzene rings is 1. The molecule has 2 unspecified atom stereocenters. The third kappa shape index (κ3) is 5.96. The number of hydrogen-bond acceptors (Lipinski definition) is 4. The van der Waals surface area contributed by atoms with E-state index in [-0.39, 0.29) is 17.9 Å². The molecule has 0 saturated carbocycles. The maximum atomic E-state index is 11.9. The lowest BCUT2D eigenvalue weighted by Crippen LogP contribution is -2.42. The second kappa shape index (κ2) is 10.4. The Morgan fingerprint density at radius 1 is 1.04 bits per heavy atom. The summed E-state index contributed by atoms with van der Waals surface area (Å²) in [7, 11) is 1.46. The third-order valence-corrected chi connectivity index (χ3v) is 4.57. The lowest BCUT2D eigenvalue weighted by molar-refractivity contribution is -0.143. The van der Waals surface area contributed by atoms with Gasteiger partial charge in [-0.25, -0.2) is 0 Å². The van der Waals surface area contributed by atoms with Crippen LogP contribution in [0.2, 0.25) is 0 Å². The minimum Gasteiger partial charge on any atom is -0.469 e. The number of hydrogen-bond donors (Lipinski definition) is 2. The van der Waals surface area contributed by atoms with Gasteiger partial charge in [0.25, 0.3) is 0 Å². The Morgan fingerprint density at radius 2 is 1.74 bits per heavy atom. The maximum Gasteiger partial charge on any atom is 0.314 e. The van der Waals surface area contributed by atoms with Crippen LogP contribution in [0.3, 0.4) is 0 Å². The molecule has 2 aliphatic heterocycles. The van der Waals surface area contributed by atoms with Crippen molar-refractivity contribution in [2.24, 2.45) is 0 Å². The van der Waals surface area contributed by atoms with Crippen molar-refractivity contribution >= 4 is 5.97 Å². The van der Waals surface area contributed by atoms with E-state index in [1.165, 1.54) is 52.3 Å². The molecule has 2 atom stereocenters. The van der Waals surface area contributed by atoms with Crippen LogP contribution in [-0.2, 0) is 9.53 Å². The highest BCUT2D eigenvalue weighted by molar-refractivity contribution is 5.79. The van der Waals surface area contributed by atoms with Crippen LogP contribution in [0.5, 0.6) is 0 Å². The van der Waals surface area contributed by atoms with Crippen LogP contribution >= 0.6 is 0 Å². The number of nitrogens with one attached hydrogen (secondary N) is 2. The van der Waals surface area contributed by atoms with E-state index in [1.807, 2.05) is 30.3 Å². The van der Waals surface area contributed by atoms with Crippen molar-refractivity contribution in [2.75, 3.05) is 26.7 Å². The second-order valence-electron chi connectivity index (χ2n) is 6.28. The highest BCUT2D eigenvalue weighted by Crippen LogP contribution is 2.26. The molecule has 23 heavy (non-hydrogen) atoms. The first-order chi connectivity index (χ1) is 11.3. The molecule has 1 aromatic carbocycles. The molecule has 0 radical (unpaired) electrons. The lowest BCUT2D eigenvalue weighted by atomic mass is 9.86. The number of ether oxygens (including phenoxy) is 1. The molecule has 128 valence electrons. The smallest absolute Gasteiger partial charge is 0.314 e. The normalized spacial score (nSPS) is 22.4. The molecule has 2 heterocycles. The van der Waals surface area contributed by atoms with Crippen LogP contribution in [0.15, 0.2) is 30.3 Å². The molecule has 1 aromatic rings. The van der Waals surface area contributed by atoms with Crippen molar-refractivity contribution in [2.45, 2.75) is 50.5 Å². The Morgan fingerprint density at radius 3 is 2.22 bits per heavy atom. The fourth-order valence-corrected chi connectivity index (χ4v) is 3.29. The van der Waals surface area contributed by atoms with E-state index in [1.54, 1.807) is 0 Å². The summed E-state index contributed by atoms with van der Waals surface area (Å²) in [6.07, 6.45) is 7.62. The van der Waals surface area contributed by atoms with Crippen LogP contribution in [0, 0.1) is 0 Å². The quantitative estimate of drug-likeness (QED) is 0.842. The SMILES string of the molecule is C1CCNCC1.COC(=O)C(c1ccccc1)C1CCCCN1. The van der Waals surface area contributed by atoms with Gasteiger partial charge in [0.2, 0.25) is 0 Å². The van der Waals surface area contributed by atoms with Gasteiger partial charge in [-0.1, -0.05) is 43.2 Å². The molecule has 0 aliphatic carbocycles. The zero-order chi connectivity index (χ0) is 16.3. The van der Waals surface area contributed by atoms with Crippen LogP contribution in [0.1, 0.15) is 50.0 Å². The van der Waals surface area contributed by atoms with Gasteiger partial charge in [0.05, 0.1) is 13.0 Å². The first-order valence-electron chi connectivity index (χ1n) is 8.90. The molecule has 2 N–H and O–H groups in total. The fraction of sp³-hybridized carbons (Fsp3) is 0.632. The summed E-state index contributed by atoms with van der Waals surface area (Å²) in [6, 6.07) is 10.1.